The SMILES string of the molecule is C#CC#CCCCCCCCC. The molecule has 0 aromatic carbocycles. The standard InChI is InChI=1S/C12H18/c1-3-5-7-9-11-12-10-8-6-4-2/h1H,4,6,8-12H2,2H3. The lowest BCUT2D eigenvalue weighted by Crippen LogP contribution is -1.77. The summed E-state index contributed by atoms with van der Waals surface area (Å²) in [5, 5.41) is 0. The fourth-order valence-electron chi connectivity index (χ4n) is 1.11. The Balaban J connectivity index is 2.97. The molecule has 0 spiro atoms. The molecule has 12 heavy (non-hydrogen) atoms. The van der Waals surface area contributed by atoms with Crippen LogP contribution in [0.25, 0.3) is 0 Å². The Bertz CT molecular complexity index is 172. The average Bonchev–Trinajstić information content (AvgIpc) is 2.10. The van der Waals surface area contributed by atoms with Crippen LogP contribution >= 0.6 is 0 Å². The molecule has 0 aliphatic heterocycles. The van der Waals surface area contributed by atoms with Gasteiger partial charge in [-0.2, -0.15) is 0 Å². The molecule has 0 amide bonds. The maximum Gasteiger partial charge on any atom is 0.00989 e. The Kier molecular flexibility index (Phi) is 9.38. The Labute approximate surface area is 76.8 Å². The summed E-state index contributed by atoms with van der Waals surface area (Å²) in [5.41, 5.74) is 0. The van der Waals surface area contributed by atoms with Gasteiger partial charge in [0, 0.05) is 6.42 Å². The first kappa shape index (κ1) is 11.1. The predicted molar refractivity (Wildman–Crippen MR) is 54.6 cm³/mol. The summed E-state index contributed by atoms with van der Waals surface area (Å²) in [6.07, 6.45) is 13.9. The minimum atomic E-state index is 0.969. The van der Waals surface area contributed by atoms with Crippen LogP contribution in [0.5, 0.6) is 0 Å². The van der Waals surface area contributed by atoms with Crippen molar-refractivity contribution in [2.75, 3.05) is 0 Å². The van der Waals surface area contributed by atoms with Crippen LogP contribution in [-0.4, -0.2) is 0 Å². The Morgan fingerprint density at radius 2 is 1.67 bits per heavy atom. The molecule has 0 rings (SSSR count). The zero-order chi connectivity index (χ0) is 9.07. The van der Waals surface area contributed by atoms with Crippen LogP contribution in [0, 0.1) is 24.2 Å². The minimum absolute atomic E-state index is 0.969. The smallest absolute Gasteiger partial charge is 0.00989 e. The lowest BCUT2D eigenvalue weighted by atomic mass is 10.1. The van der Waals surface area contributed by atoms with Gasteiger partial charge in [-0.05, 0) is 18.3 Å². The molecule has 66 valence electrons. The summed E-state index contributed by atoms with van der Waals surface area (Å²) in [7, 11) is 0. The highest BCUT2D eigenvalue weighted by Gasteiger charge is 1.87. The van der Waals surface area contributed by atoms with Gasteiger partial charge >= 0.3 is 0 Å². The van der Waals surface area contributed by atoms with Crippen molar-refractivity contribution >= 4 is 0 Å². The molecule has 0 aromatic rings. The van der Waals surface area contributed by atoms with Crippen LogP contribution in [0.3, 0.4) is 0 Å². The number of rotatable bonds is 6. The summed E-state index contributed by atoms with van der Waals surface area (Å²) in [6, 6.07) is 0. The molecule has 0 heterocycles. The molecule has 0 atom stereocenters. The van der Waals surface area contributed by atoms with Gasteiger partial charge in [0.25, 0.3) is 0 Å². The molecule has 0 fully saturated rings. The summed E-state index contributed by atoms with van der Waals surface area (Å²) < 4.78 is 0. The molecule has 0 aliphatic carbocycles. The molecule has 0 heteroatoms. The normalized spacial score (nSPS) is 8.33. The van der Waals surface area contributed by atoms with Gasteiger partial charge in [0.2, 0.25) is 0 Å². The van der Waals surface area contributed by atoms with E-state index in [4.69, 9.17) is 6.42 Å². The van der Waals surface area contributed by atoms with Crippen LogP contribution in [0.15, 0.2) is 0 Å². The van der Waals surface area contributed by atoms with E-state index in [2.05, 4.69) is 24.7 Å². The number of terminal acetylenes is 1. The van der Waals surface area contributed by atoms with Crippen molar-refractivity contribution in [1.82, 2.24) is 0 Å². The van der Waals surface area contributed by atoms with Gasteiger partial charge in [0.15, 0.2) is 0 Å². The first-order valence-corrected chi connectivity index (χ1v) is 4.85. The third-order valence-corrected chi connectivity index (χ3v) is 1.82. The van der Waals surface area contributed by atoms with Gasteiger partial charge in [0.05, 0.1) is 0 Å². The molecule has 0 unspecified atom stereocenters. The lowest BCUT2D eigenvalue weighted by molar-refractivity contribution is 0.614. The van der Waals surface area contributed by atoms with E-state index in [0.29, 0.717) is 0 Å². The molecule has 0 N–H and O–H groups in total. The number of unbranched alkanes of at least 4 members (excludes halogenated alkanes) is 6. The van der Waals surface area contributed by atoms with E-state index in [0.717, 1.165) is 6.42 Å². The molecular formula is C12H18. The summed E-state index contributed by atoms with van der Waals surface area (Å²) in [4.78, 5) is 0. The molecule has 0 aliphatic rings. The van der Waals surface area contributed by atoms with Gasteiger partial charge in [0.1, 0.15) is 0 Å². The summed E-state index contributed by atoms with van der Waals surface area (Å²) in [6.45, 7) is 2.23. The second kappa shape index (κ2) is 10.1. The second-order valence-corrected chi connectivity index (χ2v) is 2.96. The van der Waals surface area contributed by atoms with Crippen molar-refractivity contribution in [2.45, 2.75) is 51.9 Å². The summed E-state index contributed by atoms with van der Waals surface area (Å²) in [5.74, 6) is 7.89. The number of hydrogen-bond acceptors (Lipinski definition) is 0. The van der Waals surface area contributed by atoms with Crippen LogP contribution in [0.1, 0.15) is 51.9 Å². The zero-order valence-corrected chi connectivity index (χ0v) is 8.03. The van der Waals surface area contributed by atoms with Gasteiger partial charge in [-0.3, -0.25) is 0 Å². The topological polar surface area (TPSA) is 0 Å². The Morgan fingerprint density at radius 1 is 1.00 bits per heavy atom. The molecule has 0 aromatic heterocycles. The predicted octanol–water partition coefficient (Wildman–Crippen LogP) is 3.37. The second-order valence-electron chi connectivity index (χ2n) is 2.96. The van der Waals surface area contributed by atoms with E-state index in [1.807, 2.05) is 0 Å². The van der Waals surface area contributed by atoms with Crippen molar-refractivity contribution in [3.05, 3.63) is 0 Å². The van der Waals surface area contributed by atoms with Crippen molar-refractivity contribution in [1.29, 1.82) is 0 Å². The zero-order valence-electron chi connectivity index (χ0n) is 8.03. The largest absolute Gasteiger partial charge is 0.106 e. The van der Waals surface area contributed by atoms with Crippen LogP contribution in [0.4, 0.5) is 0 Å². The highest BCUT2D eigenvalue weighted by Crippen LogP contribution is 2.05. The van der Waals surface area contributed by atoms with E-state index in [1.54, 1.807) is 0 Å². The minimum Gasteiger partial charge on any atom is -0.106 e. The van der Waals surface area contributed by atoms with Crippen LogP contribution < -0.4 is 0 Å². The highest BCUT2D eigenvalue weighted by molar-refractivity contribution is 5.21. The third kappa shape index (κ3) is 9.12. The van der Waals surface area contributed by atoms with Gasteiger partial charge in [-0.25, -0.2) is 0 Å². The van der Waals surface area contributed by atoms with Crippen molar-refractivity contribution in [3.8, 4) is 24.2 Å². The van der Waals surface area contributed by atoms with Crippen LogP contribution in [-0.2, 0) is 0 Å². The molecular weight excluding hydrogens is 144 g/mol. The maximum atomic E-state index is 4.99. The molecule has 0 radical (unpaired) electrons. The van der Waals surface area contributed by atoms with Crippen molar-refractivity contribution in [2.24, 2.45) is 0 Å². The molecule has 0 saturated carbocycles. The number of hydrogen-bond donors (Lipinski definition) is 0. The highest BCUT2D eigenvalue weighted by atomic mass is 13.9. The summed E-state index contributed by atoms with van der Waals surface area (Å²) >= 11 is 0. The quantitative estimate of drug-likeness (QED) is 0.415. The maximum absolute atomic E-state index is 4.99. The molecule has 0 nitrogen and oxygen atoms in total. The first-order chi connectivity index (χ1) is 5.91. The van der Waals surface area contributed by atoms with Crippen molar-refractivity contribution in [3.63, 3.8) is 0 Å². The monoisotopic (exact) mass is 162 g/mol. The Morgan fingerprint density at radius 3 is 2.33 bits per heavy atom. The fraction of sp³-hybridized carbons (Fsp3) is 0.667. The van der Waals surface area contributed by atoms with E-state index in [1.165, 1.54) is 38.5 Å². The molecule has 0 saturated heterocycles. The van der Waals surface area contributed by atoms with Crippen molar-refractivity contribution < 1.29 is 0 Å². The third-order valence-electron chi connectivity index (χ3n) is 1.82. The first-order valence-electron chi connectivity index (χ1n) is 4.85. The van der Waals surface area contributed by atoms with Gasteiger partial charge < -0.3 is 0 Å². The fourth-order valence-corrected chi connectivity index (χ4v) is 1.11. The van der Waals surface area contributed by atoms with E-state index in [9.17, 15) is 0 Å². The molecule has 0 bridgehead atoms. The van der Waals surface area contributed by atoms with E-state index in [-0.39, 0.29) is 0 Å². The van der Waals surface area contributed by atoms with Gasteiger partial charge in [-0.15, -0.1) is 6.42 Å². The van der Waals surface area contributed by atoms with Crippen LogP contribution in [0.2, 0.25) is 0 Å². The lowest BCUT2D eigenvalue weighted by Gasteiger charge is -1.96. The van der Waals surface area contributed by atoms with E-state index < -0.39 is 0 Å². The Hall–Kier alpha value is -0.880. The average molecular weight is 162 g/mol. The van der Waals surface area contributed by atoms with E-state index >= 15 is 0 Å². The van der Waals surface area contributed by atoms with Gasteiger partial charge in [-0.1, -0.05) is 44.9 Å².